The zero-order valence-corrected chi connectivity index (χ0v) is 11.9. The third-order valence-electron chi connectivity index (χ3n) is 4.58. The van der Waals surface area contributed by atoms with Gasteiger partial charge in [0.25, 0.3) is 0 Å². The maximum Gasteiger partial charge on any atom is 0.222 e. The van der Waals surface area contributed by atoms with Crippen LogP contribution in [-0.2, 0) is 16.1 Å². The summed E-state index contributed by atoms with van der Waals surface area (Å²) in [5.41, 5.74) is -0.229. The van der Waals surface area contributed by atoms with Gasteiger partial charge in [-0.3, -0.25) is 4.79 Å². The Morgan fingerprint density at radius 3 is 2.62 bits per heavy atom. The predicted molar refractivity (Wildman–Crippen MR) is 73.5 cm³/mol. The number of hydrogen-bond acceptors (Lipinski definition) is 2. The molecule has 2 heterocycles. The molecule has 0 aliphatic carbocycles. The van der Waals surface area contributed by atoms with Crippen LogP contribution in [0.3, 0.4) is 0 Å². The van der Waals surface area contributed by atoms with E-state index in [4.69, 9.17) is 4.74 Å². The fourth-order valence-electron chi connectivity index (χ4n) is 3.27. The Morgan fingerprint density at radius 2 is 1.95 bits per heavy atom. The van der Waals surface area contributed by atoms with Crippen LogP contribution < -0.4 is 0 Å². The van der Waals surface area contributed by atoms with Crippen molar-refractivity contribution in [3.05, 3.63) is 35.4 Å². The molecule has 0 unspecified atom stereocenters. The fourth-order valence-corrected chi connectivity index (χ4v) is 3.27. The molecule has 2 saturated heterocycles. The van der Waals surface area contributed by atoms with Crippen molar-refractivity contribution in [1.82, 2.24) is 4.90 Å². The fraction of sp³-hybridized carbons (Fsp3) is 0.562. The molecule has 0 aromatic heterocycles. The number of nitrogens with zero attached hydrogens (tertiary/aromatic N) is 1. The highest BCUT2D eigenvalue weighted by Crippen LogP contribution is 2.36. The zero-order valence-electron chi connectivity index (χ0n) is 11.9. The topological polar surface area (TPSA) is 29.5 Å². The van der Waals surface area contributed by atoms with E-state index in [-0.39, 0.29) is 23.6 Å². The number of amides is 1. The number of hydrogen-bond donors (Lipinski definition) is 0. The van der Waals surface area contributed by atoms with Crippen LogP contribution in [0.4, 0.5) is 8.78 Å². The maximum atomic E-state index is 13.7. The van der Waals surface area contributed by atoms with Crippen LogP contribution in [0.5, 0.6) is 0 Å². The van der Waals surface area contributed by atoms with Crippen LogP contribution >= 0.6 is 0 Å². The first-order valence-corrected chi connectivity index (χ1v) is 7.44. The minimum atomic E-state index is -0.598. The van der Waals surface area contributed by atoms with Crippen LogP contribution in [0, 0.1) is 11.6 Å². The van der Waals surface area contributed by atoms with Crippen molar-refractivity contribution in [2.45, 2.75) is 44.2 Å². The molecule has 3 rings (SSSR count). The molecular formula is C16H19F2NO2. The molecule has 0 bridgehead atoms. The van der Waals surface area contributed by atoms with Crippen LogP contribution in [0.15, 0.2) is 18.2 Å². The summed E-state index contributed by atoms with van der Waals surface area (Å²) in [4.78, 5) is 13.8. The Morgan fingerprint density at radius 1 is 1.19 bits per heavy atom. The lowest BCUT2D eigenvalue weighted by atomic mass is 9.92. The first kappa shape index (κ1) is 14.4. The monoisotopic (exact) mass is 295 g/mol. The standard InChI is InChI=1S/C16H19F2NO2/c17-13-3-1-4-14(18)12(13)11-19-9-8-16(6-2-10-21-16)7-5-15(19)20/h1,3-4H,2,5-11H2/t16-/m1/s1. The molecule has 5 heteroatoms. The van der Waals surface area contributed by atoms with Crippen molar-refractivity contribution >= 4 is 5.91 Å². The number of rotatable bonds is 2. The highest BCUT2D eigenvalue weighted by molar-refractivity contribution is 5.76. The number of ether oxygens (including phenoxy) is 1. The SMILES string of the molecule is O=C1CC[C@]2(CCCO2)CCN1Cc1c(F)cccc1F. The van der Waals surface area contributed by atoms with Gasteiger partial charge in [-0.25, -0.2) is 8.78 Å². The van der Waals surface area contributed by atoms with Gasteiger partial charge in [-0.05, 0) is 37.8 Å². The predicted octanol–water partition coefficient (Wildman–Crippen LogP) is 3.03. The Labute approximate surface area is 122 Å². The van der Waals surface area contributed by atoms with Gasteiger partial charge >= 0.3 is 0 Å². The Bertz CT molecular complexity index is 521. The van der Waals surface area contributed by atoms with Crippen LogP contribution in [-0.4, -0.2) is 29.6 Å². The molecule has 114 valence electrons. The summed E-state index contributed by atoms with van der Waals surface area (Å²) < 4.78 is 33.3. The second-order valence-corrected chi connectivity index (χ2v) is 5.90. The molecular weight excluding hydrogens is 276 g/mol. The quantitative estimate of drug-likeness (QED) is 0.839. The molecule has 0 N–H and O–H groups in total. The molecule has 3 nitrogen and oxygen atoms in total. The highest BCUT2D eigenvalue weighted by atomic mass is 19.1. The summed E-state index contributed by atoms with van der Waals surface area (Å²) in [5.74, 6) is -1.25. The van der Waals surface area contributed by atoms with Gasteiger partial charge in [-0.1, -0.05) is 6.07 Å². The summed E-state index contributed by atoms with van der Waals surface area (Å²) in [6.45, 7) is 1.23. The lowest BCUT2D eigenvalue weighted by molar-refractivity contribution is -0.131. The average Bonchev–Trinajstić information content (AvgIpc) is 2.87. The molecule has 2 aliphatic heterocycles. The molecule has 21 heavy (non-hydrogen) atoms. The normalized spacial score (nSPS) is 26.4. The van der Waals surface area contributed by atoms with Crippen molar-refractivity contribution in [2.75, 3.05) is 13.2 Å². The molecule has 1 aromatic rings. The third-order valence-corrected chi connectivity index (χ3v) is 4.58. The van der Waals surface area contributed by atoms with Crippen LogP contribution in [0.25, 0.3) is 0 Å². The number of benzene rings is 1. The van der Waals surface area contributed by atoms with Gasteiger partial charge in [0.2, 0.25) is 5.91 Å². The molecule has 0 saturated carbocycles. The van der Waals surface area contributed by atoms with Gasteiger partial charge < -0.3 is 9.64 Å². The van der Waals surface area contributed by atoms with Gasteiger partial charge in [0, 0.05) is 25.1 Å². The van der Waals surface area contributed by atoms with E-state index in [9.17, 15) is 13.6 Å². The van der Waals surface area contributed by atoms with E-state index in [1.807, 2.05) is 0 Å². The minimum absolute atomic E-state index is 0.00653. The zero-order chi connectivity index (χ0) is 14.9. The summed E-state index contributed by atoms with van der Waals surface area (Å²) in [6.07, 6.45) is 3.84. The Kier molecular flexibility index (Phi) is 3.93. The van der Waals surface area contributed by atoms with E-state index in [0.717, 1.165) is 25.9 Å². The lowest BCUT2D eigenvalue weighted by Gasteiger charge is -2.26. The van der Waals surface area contributed by atoms with E-state index in [1.165, 1.54) is 18.2 Å². The summed E-state index contributed by atoms with van der Waals surface area (Å²) in [6, 6.07) is 3.78. The van der Waals surface area contributed by atoms with E-state index >= 15 is 0 Å². The van der Waals surface area contributed by atoms with E-state index < -0.39 is 11.6 Å². The minimum Gasteiger partial charge on any atom is -0.375 e. The summed E-state index contributed by atoms with van der Waals surface area (Å²) >= 11 is 0. The van der Waals surface area contributed by atoms with Gasteiger partial charge in [0.05, 0.1) is 12.1 Å². The van der Waals surface area contributed by atoms with Crippen molar-refractivity contribution in [3.63, 3.8) is 0 Å². The Hall–Kier alpha value is -1.49. The molecule has 0 radical (unpaired) electrons. The van der Waals surface area contributed by atoms with Crippen molar-refractivity contribution < 1.29 is 18.3 Å². The second kappa shape index (κ2) is 5.72. The number of likely N-dealkylation sites (tertiary alicyclic amines) is 1. The number of halogens is 2. The lowest BCUT2D eigenvalue weighted by Crippen LogP contribution is -2.32. The molecule has 1 spiro atoms. The van der Waals surface area contributed by atoms with Crippen molar-refractivity contribution in [1.29, 1.82) is 0 Å². The smallest absolute Gasteiger partial charge is 0.222 e. The molecule has 2 fully saturated rings. The number of carbonyl (C=O) groups is 1. The van der Waals surface area contributed by atoms with E-state index in [2.05, 4.69) is 0 Å². The molecule has 1 amide bonds. The van der Waals surface area contributed by atoms with Gasteiger partial charge in [-0.15, -0.1) is 0 Å². The molecule has 2 aliphatic rings. The Balaban J connectivity index is 1.75. The first-order chi connectivity index (χ1) is 10.1. The molecule has 1 aromatic carbocycles. The van der Waals surface area contributed by atoms with E-state index in [1.54, 1.807) is 4.90 Å². The number of carbonyl (C=O) groups excluding carboxylic acids is 1. The maximum absolute atomic E-state index is 13.7. The first-order valence-electron chi connectivity index (χ1n) is 7.44. The summed E-state index contributed by atoms with van der Waals surface area (Å²) in [5, 5.41) is 0. The van der Waals surface area contributed by atoms with Gasteiger partial charge in [0.1, 0.15) is 11.6 Å². The van der Waals surface area contributed by atoms with Gasteiger partial charge in [0.15, 0.2) is 0 Å². The van der Waals surface area contributed by atoms with Gasteiger partial charge in [-0.2, -0.15) is 0 Å². The van der Waals surface area contributed by atoms with Crippen molar-refractivity contribution in [2.24, 2.45) is 0 Å². The largest absolute Gasteiger partial charge is 0.375 e. The highest BCUT2D eigenvalue weighted by Gasteiger charge is 2.38. The second-order valence-electron chi connectivity index (χ2n) is 5.90. The average molecular weight is 295 g/mol. The third kappa shape index (κ3) is 2.93. The van der Waals surface area contributed by atoms with Crippen LogP contribution in [0.1, 0.15) is 37.7 Å². The van der Waals surface area contributed by atoms with Crippen molar-refractivity contribution in [3.8, 4) is 0 Å². The molecule has 1 atom stereocenters. The van der Waals surface area contributed by atoms with E-state index in [0.29, 0.717) is 19.4 Å². The van der Waals surface area contributed by atoms with Crippen LogP contribution in [0.2, 0.25) is 0 Å². The summed E-state index contributed by atoms with van der Waals surface area (Å²) in [7, 11) is 0.